The average molecular weight is 238 g/mol. The third-order valence-corrected chi connectivity index (χ3v) is 3.17. The van der Waals surface area contributed by atoms with Crippen LogP contribution in [0.4, 0.5) is 9.18 Å². The molecule has 4 nitrogen and oxygen atoms in total. The SMILES string of the molecule is NC1C(F)CN(C(=O)O)C1Cc1ccccc1. The molecule has 1 amide bonds. The fourth-order valence-corrected chi connectivity index (χ4v) is 2.22. The summed E-state index contributed by atoms with van der Waals surface area (Å²) in [4.78, 5) is 12.1. The Morgan fingerprint density at radius 2 is 2.12 bits per heavy atom. The summed E-state index contributed by atoms with van der Waals surface area (Å²) in [5, 5.41) is 9.00. The Balaban J connectivity index is 2.15. The third-order valence-electron chi connectivity index (χ3n) is 3.17. The monoisotopic (exact) mass is 238 g/mol. The van der Waals surface area contributed by atoms with E-state index >= 15 is 0 Å². The van der Waals surface area contributed by atoms with E-state index in [1.807, 2.05) is 30.3 Å². The molecule has 3 unspecified atom stereocenters. The van der Waals surface area contributed by atoms with Crippen LogP contribution in [0.25, 0.3) is 0 Å². The highest BCUT2D eigenvalue weighted by atomic mass is 19.1. The van der Waals surface area contributed by atoms with Crippen molar-refractivity contribution in [1.82, 2.24) is 4.90 Å². The lowest BCUT2D eigenvalue weighted by molar-refractivity contribution is 0.137. The van der Waals surface area contributed by atoms with Crippen molar-refractivity contribution in [3.05, 3.63) is 35.9 Å². The van der Waals surface area contributed by atoms with E-state index in [0.29, 0.717) is 6.42 Å². The maximum Gasteiger partial charge on any atom is 0.407 e. The van der Waals surface area contributed by atoms with Gasteiger partial charge in [-0.3, -0.25) is 0 Å². The Morgan fingerprint density at radius 3 is 2.71 bits per heavy atom. The molecule has 0 aliphatic carbocycles. The molecule has 3 atom stereocenters. The molecular formula is C12H15FN2O2. The smallest absolute Gasteiger partial charge is 0.407 e. The van der Waals surface area contributed by atoms with Crippen LogP contribution in [0.2, 0.25) is 0 Å². The minimum absolute atomic E-state index is 0.131. The number of hydrogen-bond acceptors (Lipinski definition) is 2. The maximum atomic E-state index is 13.5. The van der Waals surface area contributed by atoms with Crippen LogP contribution in [0.1, 0.15) is 5.56 Å². The van der Waals surface area contributed by atoms with E-state index in [1.165, 1.54) is 0 Å². The number of rotatable bonds is 2. The zero-order chi connectivity index (χ0) is 12.4. The Kier molecular flexibility index (Phi) is 3.28. The maximum absolute atomic E-state index is 13.5. The van der Waals surface area contributed by atoms with Gasteiger partial charge in [-0.1, -0.05) is 30.3 Å². The lowest BCUT2D eigenvalue weighted by Gasteiger charge is -2.23. The fraction of sp³-hybridized carbons (Fsp3) is 0.417. The van der Waals surface area contributed by atoms with Crippen molar-refractivity contribution in [1.29, 1.82) is 0 Å². The zero-order valence-electron chi connectivity index (χ0n) is 9.29. The zero-order valence-corrected chi connectivity index (χ0v) is 9.29. The van der Waals surface area contributed by atoms with E-state index in [4.69, 9.17) is 10.8 Å². The number of nitrogens with zero attached hydrogens (tertiary/aromatic N) is 1. The van der Waals surface area contributed by atoms with E-state index < -0.39 is 24.3 Å². The number of halogens is 1. The second kappa shape index (κ2) is 4.71. The summed E-state index contributed by atoms with van der Waals surface area (Å²) in [5.41, 5.74) is 6.68. The van der Waals surface area contributed by atoms with Gasteiger partial charge in [0.2, 0.25) is 0 Å². The average Bonchev–Trinajstić information content (AvgIpc) is 2.59. The number of benzene rings is 1. The van der Waals surface area contributed by atoms with Crippen molar-refractivity contribution in [2.24, 2.45) is 5.73 Å². The normalized spacial score (nSPS) is 28.4. The first kappa shape index (κ1) is 11.9. The summed E-state index contributed by atoms with van der Waals surface area (Å²) in [6.45, 7) is -0.131. The summed E-state index contributed by atoms with van der Waals surface area (Å²) < 4.78 is 13.5. The number of amides is 1. The van der Waals surface area contributed by atoms with E-state index in [1.54, 1.807) is 0 Å². The number of likely N-dealkylation sites (tertiary alicyclic amines) is 1. The Morgan fingerprint density at radius 1 is 1.47 bits per heavy atom. The van der Waals surface area contributed by atoms with Crippen molar-refractivity contribution in [2.45, 2.75) is 24.7 Å². The van der Waals surface area contributed by atoms with Crippen molar-refractivity contribution < 1.29 is 14.3 Å². The summed E-state index contributed by atoms with van der Waals surface area (Å²) in [6.07, 6.45) is -1.93. The topological polar surface area (TPSA) is 66.6 Å². The quantitative estimate of drug-likeness (QED) is 0.815. The van der Waals surface area contributed by atoms with Gasteiger partial charge < -0.3 is 15.7 Å². The molecule has 0 spiro atoms. The van der Waals surface area contributed by atoms with Crippen LogP contribution < -0.4 is 5.73 Å². The van der Waals surface area contributed by atoms with E-state index in [-0.39, 0.29) is 6.54 Å². The van der Waals surface area contributed by atoms with Gasteiger partial charge >= 0.3 is 6.09 Å². The molecule has 1 aliphatic rings. The van der Waals surface area contributed by atoms with Crippen LogP contribution in [0.15, 0.2) is 30.3 Å². The molecule has 17 heavy (non-hydrogen) atoms. The number of carboxylic acid groups (broad SMARTS) is 1. The highest BCUT2D eigenvalue weighted by molar-refractivity contribution is 5.66. The van der Waals surface area contributed by atoms with Gasteiger partial charge in [0.1, 0.15) is 6.17 Å². The summed E-state index contributed by atoms with van der Waals surface area (Å²) in [7, 11) is 0. The predicted molar refractivity (Wildman–Crippen MR) is 61.5 cm³/mol. The van der Waals surface area contributed by atoms with Crippen molar-refractivity contribution >= 4 is 6.09 Å². The number of hydrogen-bond donors (Lipinski definition) is 2. The second-order valence-electron chi connectivity index (χ2n) is 4.29. The lowest BCUT2D eigenvalue weighted by atomic mass is 10.0. The first-order valence-corrected chi connectivity index (χ1v) is 5.52. The summed E-state index contributed by atoms with van der Waals surface area (Å²) >= 11 is 0. The van der Waals surface area contributed by atoms with Crippen molar-refractivity contribution in [3.63, 3.8) is 0 Å². The molecule has 0 bridgehead atoms. The Bertz CT molecular complexity index is 399. The minimum atomic E-state index is -1.28. The van der Waals surface area contributed by atoms with Crippen LogP contribution >= 0.6 is 0 Å². The minimum Gasteiger partial charge on any atom is -0.465 e. The number of carbonyl (C=O) groups is 1. The van der Waals surface area contributed by atoms with Gasteiger partial charge in [0.25, 0.3) is 0 Å². The molecular weight excluding hydrogens is 223 g/mol. The van der Waals surface area contributed by atoms with Gasteiger partial charge in [-0.05, 0) is 12.0 Å². The molecule has 3 N–H and O–H groups in total. The third kappa shape index (κ3) is 2.39. The lowest BCUT2D eigenvalue weighted by Crippen LogP contribution is -2.44. The van der Waals surface area contributed by atoms with Crippen LogP contribution in [-0.2, 0) is 6.42 Å². The summed E-state index contributed by atoms with van der Waals surface area (Å²) in [6, 6.07) is 8.17. The van der Waals surface area contributed by atoms with Crippen molar-refractivity contribution in [2.75, 3.05) is 6.54 Å². The second-order valence-corrected chi connectivity index (χ2v) is 4.29. The van der Waals surface area contributed by atoms with E-state index in [2.05, 4.69) is 0 Å². The molecule has 0 aromatic heterocycles. The number of nitrogens with two attached hydrogens (primary N) is 1. The molecule has 1 aliphatic heterocycles. The van der Waals surface area contributed by atoms with Crippen LogP contribution in [0.5, 0.6) is 0 Å². The molecule has 0 saturated carbocycles. The first-order chi connectivity index (χ1) is 8.09. The van der Waals surface area contributed by atoms with Gasteiger partial charge in [0.15, 0.2) is 0 Å². The predicted octanol–water partition coefficient (Wildman–Crippen LogP) is 1.26. The van der Waals surface area contributed by atoms with Crippen LogP contribution in [0.3, 0.4) is 0 Å². The van der Waals surface area contributed by atoms with Gasteiger partial charge in [0.05, 0.1) is 18.6 Å². The fourth-order valence-electron chi connectivity index (χ4n) is 2.22. The first-order valence-electron chi connectivity index (χ1n) is 5.52. The molecule has 1 aromatic rings. The van der Waals surface area contributed by atoms with Gasteiger partial charge in [-0.2, -0.15) is 0 Å². The molecule has 92 valence electrons. The van der Waals surface area contributed by atoms with Crippen molar-refractivity contribution in [3.8, 4) is 0 Å². The Labute approximate surface area is 98.8 Å². The van der Waals surface area contributed by atoms with E-state index in [0.717, 1.165) is 10.5 Å². The highest BCUT2D eigenvalue weighted by Crippen LogP contribution is 2.23. The highest BCUT2D eigenvalue weighted by Gasteiger charge is 2.42. The molecule has 0 radical (unpaired) electrons. The number of alkyl halides is 1. The molecule has 1 heterocycles. The van der Waals surface area contributed by atoms with Crippen LogP contribution in [0, 0.1) is 0 Å². The standard InChI is InChI=1S/C12H15FN2O2/c13-9-7-15(12(16)17)10(11(9)14)6-8-4-2-1-3-5-8/h1-5,9-11H,6-7,14H2,(H,16,17). The molecule has 1 fully saturated rings. The molecule has 2 rings (SSSR count). The summed E-state index contributed by atoms with van der Waals surface area (Å²) in [5.74, 6) is 0. The Hall–Kier alpha value is -1.62. The van der Waals surface area contributed by atoms with E-state index in [9.17, 15) is 9.18 Å². The largest absolute Gasteiger partial charge is 0.465 e. The molecule has 1 saturated heterocycles. The van der Waals surface area contributed by atoms with Gasteiger partial charge in [0, 0.05) is 0 Å². The van der Waals surface area contributed by atoms with Gasteiger partial charge in [-0.25, -0.2) is 9.18 Å². The van der Waals surface area contributed by atoms with Crippen LogP contribution in [-0.4, -0.2) is 40.9 Å². The molecule has 5 heteroatoms. The van der Waals surface area contributed by atoms with Gasteiger partial charge in [-0.15, -0.1) is 0 Å². The molecule has 1 aromatic carbocycles.